The summed E-state index contributed by atoms with van der Waals surface area (Å²) in [6.07, 6.45) is 0. The summed E-state index contributed by atoms with van der Waals surface area (Å²) in [5.74, 6) is 0. The van der Waals surface area contributed by atoms with Gasteiger partial charge in [0.15, 0.2) is 0 Å². The summed E-state index contributed by atoms with van der Waals surface area (Å²) in [6, 6.07) is 5.85. The van der Waals surface area contributed by atoms with Crippen LogP contribution in [-0.4, -0.2) is 27.2 Å². The first-order valence-electron chi connectivity index (χ1n) is 5.89. The molecule has 0 aliphatic carbocycles. The average Bonchev–Trinajstić information content (AvgIpc) is 2.36. The second-order valence-electron chi connectivity index (χ2n) is 3.88. The number of anilines is 3. The van der Waals surface area contributed by atoms with Crippen LogP contribution in [0.4, 0.5) is 17.1 Å². The fraction of sp³-hybridized carbons (Fsp3) is 0.462. The van der Waals surface area contributed by atoms with Gasteiger partial charge in [-0.2, -0.15) is 5.26 Å². The number of nitriles is 1. The number of rotatable bonds is 0. The molecular formula is C13H20N4. The molecule has 1 aromatic rings. The van der Waals surface area contributed by atoms with E-state index >= 15 is 0 Å². The van der Waals surface area contributed by atoms with Gasteiger partial charge in [-0.15, -0.1) is 0 Å². The molecule has 0 saturated carbocycles. The maximum absolute atomic E-state index is 8.91. The van der Waals surface area contributed by atoms with Crippen LogP contribution in [0.25, 0.3) is 0 Å². The highest BCUT2D eigenvalue weighted by Gasteiger charge is 2.19. The van der Waals surface area contributed by atoms with Gasteiger partial charge < -0.3 is 15.5 Å². The molecule has 92 valence electrons. The van der Waals surface area contributed by atoms with Crippen LogP contribution < -0.4 is 15.5 Å². The number of nitrogens with zero attached hydrogens (tertiary/aromatic N) is 3. The van der Waals surface area contributed by atoms with Crippen molar-refractivity contribution >= 4 is 17.1 Å². The third kappa shape index (κ3) is 2.44. The molecule has 2 N–H and O–H groups in total. The SMILES string of the molecule is CC.CN1CCN(C)c2cc(C#N)c(N)cc21. The summed E-state index contributed by atoms with van der Waals surface area (Å²) < 4.78 is 0. The molecule has 4 nitrogen and oxygen atoms in total. The van der Waals surface area contributed by atoms with Crippen molar-refractivity contribution in [2.75, 3.05) is 42.7 Å². The third-order valence-electron chi connectivity index (χ3n) is 2.86. The van der Waals surface area contributed by atoms with Crippen LogP contribution in [0.5, 0.6) is 0 Å². The van der Waals surface area contributed by atoms with E-state index in [9.17, 15) is 0 Å². The van der Waals surface area contributed by atoms with E-state index in [-0.39, 0.29) is 0 Å². The van der Waals surface area contributed by atoms with E-state index in [2.05, 4.69) is 15.9 Å². The smallest absolute Gasteiger partial charge is 0.101 e. The number of hydrogen-bond donors (Lipinski definition) is 1. The highest BCUT2D eigenvalue weighted by atomic mass is 15.2. The lowest BCUT2D eigenvalue weighted by molar-refractivity contribution is 0.798. The minimum Gasteiger partial charge on any atom is -0.398 e. The number of benzene rings is 1. The van der Waals surface area contributed by atoms with Gasteiger partial charge in [0.25, 0.3) is 0 Å². The molecular weight excluding hydrogens is 212 g/mol. The van der Waals surface area contributed by atoms with Gasteiger partial charge in [0, 0.05) is 27.2 Å². The Hall–Kier alpha value is -1.89. The summed E-state index contributed by atoms with van der Waals surface area (Å²) in [4.78, 5) is 4.31. The molecule has 2 rings (SSSR count). The molecule has 0 bridgehead atoms. The Morgan fingerprint density at radius 3 is 2.06 bits per heavy atom. The molecule has 17 heavy (non-hydrogen) atoms. The maximum Gasteiger partial charge on any atom is 0.101 e. The van der Waals surface area contributed by atoms with Crippen LogP contribution in [-0.2, 0) is 0 Å². The Labute approximate surface area is 103 Å². The zero-order chi connectivity index (χ0) is 13.0. The number of likely N-dealkylation sites (N-methyl/N-ethyl adjacent to an activating group) is 2. The van der Waals surface area contributed by atoms with Crippen molar-refractivity contribution in [1.82, 2.24) is 0 Å². The predicted molar refractivity (Wildman–Crippen MR) is 73.5 cm³/mol. The molecule has 0 saturated heterocycles. The van der Waals surface area contributed by atoms with Crippen molar-refractivity contribution in [3.8, 4) is 6.07 Å². The normalized spacial score (nSPS) is 13.4. The number of fused-ring (bicyclic) bond motifs is 1. The Balaban J connectivity index is 0.000000686. The Morgan fingerprint density at radius 1 is 1.12 bits per heavy atom. The molecule has 0 spiro atoms. The second kappa shape index (κ2) is 5.44. The Morgan fingerprint density at radius 2 is 1.59 bits per heavy atom. The number of nitrogen functional groups attached to an aromatic ring is 1. The lowest BCUT2D eigenvalue weighted by atomic mass is 10.1. The van der Waals surface area contributed by atoms with Crippen LogP contribution in [0.2, 0.25) is 0 Å². The Kier molecular flexibility index (Phi) is 4.22. The zero-order valence-electron chi connectivity index (χ0n) is 11.0. The highest BCUT2D eigenvalue weighted by Crippen LogP contribution is 2.34. The molecule has 1 aromatic carbocycles. The minimum atomic E-state index is 0.552. The van der Waals surface area contributed by atoms with Gasteiger partial charge in [0.1, 0.15) is 6.07 Å². The van der Waals surface area contributed by atoms with E-state index in [1.165, 1.54) is 0 Å². The van der Waals surface area contributed by atoms with E-state index in [1.54, 1.807) is 0 Å². The monoisotopic (exact) mass is 232 g/mol. The van der Waals surface area contributed by atoms with Crippen LogP contribution in [0.15, 0.2) is 12.1 Å². The van der Waals surface area contributed by atoms with E-state index in [0.717, 1.165) is 24.5 Å². The van der Waals surface area contributed by atoms with Gasteiger partial charge in [-0.3, -0.25) is 0 Å². The molecule has 0 atom stereocenters. The van der Waals surface area contributed by atoms with Gasteiger partial charge >= 0.3 is 0 Å². The largest absolute Gasteiger partial charge is 0.398 e. The number of nitrogens with two attached hydrogens (primary N) is 1. The predicted octanol–water partition coefficient (Wildman–Crippen LogP) is 2.05. The molecule has 1 aliphatic rings. The molecule has 1 aliphatic heterocycles. The summed E-state index contributed by atoms with van der Waals surface area (Å²) in [5, 5.41) is 8.91. The molecule has 0 aromatic heterocycles. The van der Waals surface area contributed by atoms with Gasteiger partial charge in [-0.25, -0.2) is 0 Å². The first kappa shape index (κ1) is 13.2. The standard InChI is InChI=1S/C11H14N4.C2H6/c1-14-3-4-15(2)11-6-9(13)8(7-12)5-10(11)14;1-2/h5-6H,3-4,13H2,1-2H3;1-2H3. The quantitative estimate of drug-likeness (QED) is 0.696. The van der Waals surface area contributed by atoms with Crippen LogP contribution in [0.1, 0.15) is 19.4 Å². The first-order chi connectivity index (χ1) is 8.13. The average molecular weight is 232 g/mol. The van der Waals surface area contributed by atoms with Gasteiger partial charge in [-0.05, 0) is 12.1 Å². The van der Waals surface area contributed by atoms with Crippen LogP contribution in [0, 0.1) is 11.3 Å². The molecule has 4 heteroatoms. The van der Waals surface area contributed by atoms with Crippen molar-refractivity contribution in [2.45, 2.75) is 13.8 Å². The molecule has 0 unspecified atom stereocenters. The van der Waals surface area contributed by atoms with Crippen LogP contribution >= 0.6 is 0 Å². The molecule has 1 heterocycles. The third-order valence-corrected chi connectivity index (χ3v) is 2.86. The van der Waals surface area contributed by atoms with E-state index in [1.807, 2.05) is 40.1 Å². The van der Waals surface area contributed by atoms with Gasteiger partial charge in [0.2, 0.25) is 0 Å². The molecule has 0 fully saturated rings. The minimum absolute atomic E-state index is 0.552. The highest BCUT2D eigenvalue weighted by molar-refractivity contribution is 5.80. The zero-order valence-corrected chi connectivity index (χ0v) is 11.0. The van der Waals surface area contributed by atoms with E-state index in [4.69, 9.17) is 11.0 Å². The lowest BCUT2D eigenvalue weighted by Crippen LogP contribution is -2.36. The topological polar surface area (TPSA) is 56.3 Å². The van der Waals surface area contributed by atoms with Crippen LogP contribution in [0.3, 0.4) is 0 Å². The molecule has 0 radical (unpaired) electrons. The Bertz CT molecular complexity index is 434. The lowest BCUT2D eigenvalue weighted by Gasteiger charge is -2.35. The fourth-order valence-electron chi connectivity index (χ4n) is 1.84. The summed E-state index contributed by atoms with van der Waals surface area (Å²) in [5.41, 5.74) is 9.08. The molecule has 0 amide bonds. The number of hydrogen-bond acceptors (Lipinski definition) is 4. The van der Waals surface area contributed by atoms with Gasteiger partial charge in [0.05, 0.1) is 22.6 Å². The van der Waals surface area contributed by atoms with Crippen molar-refractivity contribution in [3.63, 3.8) is 0 Å². The first-order valence-corrected chi connectivity index (χ1v) is 5.89. The fourth-order valence-corrected chi connectivity index (χ4v) is 1.84. The van der Waals surface area contributed by atoms with Gasteiger partial charge in [-0.1, -0.05) is 13.8 Å². The summed E-state index contributed by atoms with van der Waals surface area (Å²) in [6.45, 7) is 5.95. The van der Waals surface area contributed by atoms with Crippen molar-refractivity contribution < 1.29 is 0 Å². The van der Waals surface area contributed by atoms with Crippen molar-refractivity contribution in [3.05, 3.63) is 17.7 Å². The van der Waals surface area contributed by atoms with Crippen molar-refractivity contribution in [2.24, 2.45) is 0 Å². The second-order valence-corrected chi connectivity index (χ2v) is 3.88. The maximum atomic E-state index is 8.91. The van der Waals surface area contributed by atoms with E-state index < -0.39 is 0 Å². The van der Waals surface area contributed by atoms with E-state index in [0.29, 0.717) is 11.3 Å². The summed E-state index contributed by atoms with van der Waals surface area (Å²) >= 11 is 0. The summed E-state index contributed by atoms with van der Waals surface area (Å²) in [7, 11) is 4.07. The van der Waals surface area contributed by atoms with Crippen molar-refractivity contribution in [1.29, 1.82) is 5.26 Å².